The van der Waals surface area contributed by atoms with Gasteiger partial charge in [-0.2, -0.15) is 0 Å². The number of hydrogen-bond donors (Lipinski definition) is 1. The van der Waals surface area contributed by atoms with Crippen LogP contribution < -0.4 is 0 Å². The van der Waals surface area contributed by atoms with Crippen LogP contribution in [-0.2, 0) is 32.7 Å². The average Bonchev–Trinajstić information content (AvgIpc) is 3.17. The number of quaternary nitrogens is 1. The molecule has 0 aromatic rings. The van der Waals surface area contributed by atoms with Gasteiger partial charge < -0.3 is 18.9 Å². The van der Waals surface area contributed by atoms with Crippen molar-refractivity contribution in [3.8, 4) is 0 Å². The van der Waals surface area contributed by atoms with Crippen LogP contribution in [0, 0.1) is 0 Å². The molecular weight excluding hydrogens is 750 g/mol. The summed E-state index contributed by atoms with van der Waals surface area (Å²) in [4.78, 5) is 35.3. The molecule has 336 valence electrons. The lowest BCUT2D eigenvalue weighted by Crippen LogP contribution is -2.37. The number of carbonyl (C=O) groups is 2. The zero-order valence-electron chi connectivity index (χ0n) is 37.8. The first-order valence-electron chi connectivity index (χ1n) is 23.0. The lowest BCUT2D eigenvalue weighted by molar-refractivity contribution is -0.870. The van der Waals surface area contributed by atoms with E-state index in [2.05, 4.69) is 62.5 Å². The first kappa shape index (κ1) is 55.7. The molecule has 0 aromatic carbocycles. The number of esters is 2. The van der Waals surface area contributed by atoms with E-state index < -0.39 is 26.5 Å². The zero-order valence-corrected chi connectivity index (χ0v) is 38.7. The highest BCUT2D eigenvalue weighted by atomic mass is 31.2. The molecule has 0 aromatic heterocycles. The van der Waals surface area contributed by atoms with E-state index in [9.17, 15) is 19.0 Å². The van der Waals surface area contributed by atoms with E-state index in [1.807, 2.05) is 33.3 Å². The SMILES string of the molecule is CC/C=C/C/C=C/C/C=C/CCCCCCCCCCCCCC(=O)OCC(COP(=O)(O)OCC[N+](C)(C)C)OC(=O)CC/C=C/C/C=C/CCCCCCCC. The van der Waals surface area contributed by atoms with Gasteiger partial charge in [-0.3, -0.25) is 18.6 Å². The quantitative estimate of drug-likeness (QED) is 0.0213. The third-order valence-electron chi connectivity index (χ3n) is 9.55. The number of phosphoric ester groups is 1. The number of unbranched alkanes of at least 4 members (excludes halogenated alkanes) is 17. The van der Waals surface area contributed by atoms with Crippen LogP contribution >= 0.6 is 7.82 Å². The molecule has 0 rings (SSSR count). The van der Waals surface area contributed by atoms with Gasteiger partial charge >= 0.3 is 19.8 Å². The third kappa shape index (κ3) is 43.3. The minimum atomic E-state index is -4.39. The molecule has 2 atom stereocenters. The predicted molar refractivity (Wildman–Crippen MR) is 243 cm³/mol. The molecule has 0 heterocycles. The van der Waals surface area contributed by atoms with E-state index in [4.69, 9.17) is 18.5 Å². The molecule has 0 aliphatic heterocycles. The smallest absolute Gasteiger partial charge is 0.462 e. The molecule has 1 N–H and O–H groups in total. The van der Waals surface area contributed by atoms with Crippen LogP contribution in [0.25, 0.3) is 0 Å². The number of ether oxygens (including phenoxy) is 2. The fraction of sp³-hybridized carbons (Fsp3) is 0.750. The van der Waals surface area contributed by atoms with Gasteiger partial charge in [0.2, 0.25) is 0 Å². The Kier molecular flexibility index (Phi) is 38.5. The van der Waals surface area contributed by atoms with Gasteiger partial charge in [0.05, 0.1) is 27.7 Å². The number of carbonyl (C=O) groups excluding carboxylic acids is 2. The standard InChI is InChI=1S/C48H86NO8P/c1-6-8-10-12-14-16-18-20-21-22-23-24-25-26-27-29-30-32-34-36-38-40-47(50)54-44-46(45-56-58(52,53)55-43-42-49(3,4)5)57-48(51)41-39-37-35-33-31-28-19-17-15-13-11-9-7-2/h8,10,14,16,20-21,28,31,35,37,46H,6-7,9,11-13,15,17-19,22-27,29-30,32-34,36,38-45H2,1-5H3/p+1/b10-8+,16-14+,21-20+,31-28+,37-35+. The summed E-state index contributed by atoms with van der Waals surface area (Å²) < 4.78 is 34.2. The van der Waals surface area contributed by atoms with E-state index in [0.717, 1.165) is 51.4 Å². The molecule has 58 heavy (non-hydrogen) atoms. The Bertz CT molecular complexity index is 1170. The Hall–Kier alpha value is -2.29. The molecule has 0 bridgehead atoms. The van der Waals surface area contributed by atoms with E-state index in [-0.39, 0.29) is 32.0 Å². The van der Waals surface area contributed by atoms with Crippen molar-refractivity contribution in [1.29, 1.82) is 0 Å². The Balaban J connectivity index is 4.32. The number of allylic oxidation sites excluding steroid dienone is 10. The topological polar surface area (TPSA) is 108 Å². The first-order chi connectivity index (χ1) is 28.0. The molecule has 0 saturated carbocycles. The van der Waals surface area contributed by atoms with Crippen LogP contribution in [0.4, 0.5) is 0 Å². The molecule has 0 aliphatic carbocycles. The summed E-state index contributed by atoms with van der Waals surface area (Å²) in [5.74, 6) is -0.882. The minimum Gasteiger partial charge on any atom is -0.462 e. The predicted octanol–water partition coefficient (Wildman–Crippen LogP) is 13.2. The summed E-state index contributed by atoms with van der Waals surface area (Å²) in [6.07, 6.45) is 48.6. The minimum absolute atomic E-state index is 0.0202. The second-order valence-corrected chi connectivity index (χ2v) is 17.9. The van der Waals surface area contributed by atoms with Crippen LogP contribution in [-0.4, -0.2) is 74.9 Å². The van der Waals surface area contributed by atoms with Gasteiger partial charge in [0.25, 0.3) is 0 Å². The van der Waals surface area contributed by atoms with Crippen molar-refractivity contribution < 1.29 is 42.1 Å². The van der Waals surface area contributed by atoms with Crippen LogP contribution in [0.3, 0.4) is 0 Å². The molecule has 0 spiro atoms. The molecule has 0 aliphatic rings. The number of hydrogen-bond acceptors (Lipinski definition) is 7. The molecule has 10 heteroatoms. The maximum absolute atomic E-state index is 12.6. The van der Waals surface area contributed by atoms with Crippen molar-refractivity contribution >= 4 is 19.8 Å². The van der Waals surface area contributed by atoms with Gasteiger partial charge in [-0.15, -0.1) is 0 Å². The maximum atomic E-state index is 12.6. The van der Waals surface area contributed by atoms with Gasteiger partial charge in [-0.05, 0) is 64.2 Å². The number of likely N-dealkylation sites (N-methyl/N-ethyl adjacent to an activating group) is 1. The monoisotopic (exact) mass is 837 g/mol. The number of phosphoric acid groups is 1. The summed E-state index contributed by atoms with van der Waals surface area (Å²) in [5, 5.41) is 0. The lowest BCUT2D eigenvalue weighted by Gasteiger charge is -2.24. The van der Waals surface area contributed by atoms with Crippen molar-refractivity contribution in [2.24, 2.45) is 0 Å². The zero-order chi connectivity index (χ0) is 42.8. The number of rotatable bonds is 41. The Labute approximate surface area is 356 Å². The highest BCUT2D eigenvalue weighted by Crippen LogP contribution is 2.43. The van der Waals surface area contributed by atoms with Crippen molar-refractivity contribution in [1.82, 2.24) is 0 Å². The van der Waals surface area contributed by atoms with E-state index in [1.165, 1.54) is 96.3 Å². The van der Waals surface area contributed by atoms with Gasteiger partial charge in [-0.1, -0.05) is 164 Å². The Morgan fingerprint density at radius 1 is 0.552 bits per heavy atom. The van der Waals surface area contributed by atoms with E-state index >= 15 is 0 Å². The van der Waals surface area contributed by atoms with Crippen LogP contribution in [0.5, 0.6) is 0 Å². The van der Waals surface area contributed by atoms with Crippen molar-refractivity contribution in [2.45, 2.75) is 187 Å². The summed E-state index contributed by atoms with van der Waals surface area (Å²) in [7, 11) is 1.44. The average molecular weight is 837 g/mol. The summed E-state index contributed by atoms with van der Waals surface area (Å²) in [6.45, 7) is 4.23. The molecule has 0 amide bonds. The molecule has 0 saturated heterocycles. The van der Waals surface area contributed by atoms with Crippen LogP contribution in [0.2, 0.25) is 0 Å². The van der Waals surface area contributed by atoms with Gasteiger partial charge in [0, 0.05) is 12.8 Å². The summed E-state index contributed by atoms with van der Waals surface area (Å²) in [6, 6.07) is 0. The van der Waals surface area contributed by atoms with Gasteiger partial charge in [-0.25, -0.2) is 4.57 Å². The molecule has 0 fully saturated rings. The van der Waals surface area contributed by atoms with Crippen molar-refractivity contribution in [2.75, 3.05) is 47.5 Å². The van der Waals surface area contributed by atoms with E-state index in [0.29, 0.717) is 17.4 Å². The Morgan fingerprint density at radius 3 is 1.53 bits per heavy atom. The molecule has 0 radical (unpaired) electrons. The highest BCUT2D eigenvalue weighted by molar-refractivity contribution is 7.47. The fourth-order valence-electron chi connectivity index (χ4n) is 5.96. The summed E-state index contributed by atoms with van der Waals surface area (Å²) in [5.41, 5.74) is 0. The van der Waals surface area contributed by atoms with E-state index in [1.54, 1.807) is 0 Å². The fourth-order valence-corrected chi connectivity index (χ4v) is 6.70. The second-order valence-electron chi connectivity index (χ2n) is 16.4. The lowest BCUT2D eigenvalue weighted by atomic mass is 10.0. The van der Waals surface area contributed by atoms with Crippen LogP contribution in [0.1, 0.15) is 181 Å². The normalized spacial score (nSPS) is 14.1. The molecule has 9 nitrogen and oxygen atoms in total. The van der Waals surface area contributed by atoms with Crippen molar-refractivity contribution in [3.63, 3.8) is 0 Å². The highest BCUT2D eigenvalue weighted by Gasteiger charge is 2.27. The van der Waals surface area contributed by atoms with Crippen LogP contribution in [0.15, 0.2) is 60.8 Å². The largest absolute Gasteiger partial charge is 0.472 e. The third-order valence-corrected chi connectivity index (χ3v) is 10.5. The first-order valence-corrected chi connectivity index (χ1v) is 24.5. The second kappa shape index (κ2) is 40.1. The van der Waals surface area contributed by atoms with Crippen molar-refractivity contribution in [3.05, 3.63) is 60.8 Å². The number of nitrogens with zero attached hydrogens (tertiary/aromatic N) is 1. The molecular formula is C48H87NO8P+. The molecule has 2 unspecified atom stereocenters. The Morgan fingerprint density at radius 2 is 1.02 bits per heavy atom. The van der Waals surface area contributed by atoms with Gasteiger partial charge in [0.15, 0.2) is 6.10 Å². The summed E-state index contributed by atoms with van der Waals surface area (Å²) >= 11 is 0. The maximum Gasteiger partial charge on any atom is 0.472 e. The van der Waals surface area contributed by atoms with Gasteiger partial charge in [0.1, 0.15) is 19.8 Å².